The van der Waals surface area contributed by atoms with Crippen LogP contribution in [0.3, 0.4) is 0 Å². The summed E-state index contributed by atoms with van der Waals surface area (Å²) in [6, 6.07) is 1.69. The molecule has 1 fully saturated rings. The van der Waals surface area contributed by atoms with Gasteiger partial charge in [0.1, 0.15) is 0 Å². The molecule has 1 rings (SSSR count). The molecule has 3 radical (unpaired) electrons. The molecule has 7 nitrogen and oxygen atoms in total. The maximum Gasteiger partial charge on any atom is 0.411 e. The van der Waals surface area contributed by atoms with Crippen molar-refractivity contribution in [3.8, 4) is 0 Å². The normalized spacial score (nSPS) is 31.0. The van der Waals surface area contributed by atoms with E-state index in [-0.39, 0.29) is 10.0 Å². The van der Waals surface area contributed by atoms with E-state index in [1.54, 1.807) is 0 Å². The van der Waals surface area contributed by atoms with Crippen molar-refractivity contribution in [2.75, 3.05) is 0 Å². The topological polar surface area (TPSA) is 64.6 Å². The van der Waals surface area contributed by atoms with E-state index in [0.717, 1.165) is 12.1 Å². The molecule has 1 heterocycles. The Hall–Kier alpha value is 1.46. The van der Waals surface area contributed by atoms with Gasteiger partial charge in [-0.3, -0.25) is 0 Å². The molecule has 159 valence electrons. The molecule has 0 spiro atoms. The lowest BCUT2D eigenvalue weighted by molar-refractivity contribution is 0.274. The third-order valence-electron chi connectivity index (χ3n) is 3.30. The van der Waals surface area contributed by atoms with Crippen LogP contribution in [-0.2, 0) is 28.8 Å². The summed E-state index contributed by atoms with van der Waals surface area (Å²) in [5.74, 6) is 0. The lowest BCUT2D eigenvalue weighted by Gasteiger charge is -2.37. The van der Waals surface area contributed by atoms with Gasteiger partial charge in [0.05, 0.1) is 0 Å². The third-order valence-corrected chi connectivity index (χ3v) is 25.8. The molecule has 1 aliphatic rings. The van der Waals surface area contributed by atoms with Gasteiger partial charge in [-0.25, -0.2) is 0 Å². The minimum atomic E-state index is -2.34. The molecule has 2 unspecified atom stereocenters. The minimum absolute atomic E-state index is 0.0545. The predicted molar refractivity (Wildman–Crippen MR) is 126 cm³/mol. The van der Waals surface area contributed by atoms with Crippen LogP contribution >= 0.6 is 0 Å². The number of hydrogen-bond donors (Lipinski definition) is 0. The summed E-state index contributed by atoms with van der Waals surface area (Å²) in [5.41, 5.74) is 0. The molecule has 27 heavy (non-hydrogen) atoms. The maximum absolute atomic E-state index is 6.38. The summed E-state index contributed by atoms with van der Waals surface area (Å²) in [7, 11) is -12.0. The zero-order valence-electron chi connectivity index (χ0n) is 18.5. The minimum Gasteiger partial charge on any atom is -0.436 e. The fourth-order valence-corrected chi connectivity index (χ4v) is 25.0. The van der Waals surface area contributed by atoms with Crippen LogP contribution in [-0.4, -0.2) is 72.3 Å². The van der Waals surface area contributed by atoms with E-state index in [1.807, 2.05) is 0 Å². The van der Waals surface area contributed by atoms with Crippen molar-refractivity contribution in [3.05, 3.63) is 0 Å². The molecular weight excluding hydrogens is 481 g/mol. The molecule has 2 atom stereocenters. The Labute approximate surface area is 178 Å². The van der Waals surface area contributed by atoms with Crippen LogP contribution in [0.15, 0.2) is 0 Å². The van der Waals surface area contributed by atoms with E-state index in [1.165, 1.54) is 0 Å². The molecule has 15 heteroatoms. The first kappa shape index (κ1) is 26.5. The highest BCUT2D eigenvalue weighted by Crippen LogP contribution is 2.24. The average Bonchev–Trinajstić information content (AvgIpc) is 2.39. The third kappa shape index (κ3) is 12.7. The van der Waals surface area contributed by atoms with E-state index in [9.17, 15) is 0 Å². The molecular formula is C12H37O7Si8. The summed E-state index contributed by atoms with van der Waals surface area (Å²) in [4.78, 5) is 0. The summed E-state index contributed by atoms with van der Waals surface area (Å²) in [6.45, 7) is 21.4. The second-order valence-electron chi connectivity index (χ2n) is 8.83. The summed E-state index contributed by atoms with van der Waals surface area (Å²) < 4.78 is 43.1. The van der Waals surface area contributed by atoms with Crippen LogP contribution in [0.1, 0.15) is 0 Å². The van der Waals surface area contributed by atoms with Gasteiger partial charge in [-0.2, -0.15) is 0 Å². The van der Waals surface area contributed by atoms with Crippen molar-refractivity contribution in [3.63, 3.8) is 0 Å². The maximum atomic E-state index is 6.38. The quantitative estimate of drug-likeness (QED) is 0.435. The van der Waals surface area contributed by atoms with Gasteiger partial charge in [0.2, 0.25) is 0 Å². The van der Waals surface area contributed by atoms with Crippen LogP contribution in [0, 0.1) is 0 Å². The largest absolute Gasteiger partial charge is 0.436 e. The van der Waals surface area contributed by atoms with Crippen molar-refractivity contribution in [1.82, 2.24) is 0 Å². The standard InChI is InChI=1S/C12H37O7Si8/c1-21-15-22(2)17-27(10,18-23(3)16-21)12-11-24(19-26(7,8)9)13-20-14-25(4,5)6/h21-23H,11-12H2,1-10H3. The van der Waals surface area contributed by atoms with Gasteiger partial charge in [-0.05, 0) is 77.6 Å². The van der Waals surface area contributed by atoms with Crippen molar-refractivity contribution < 1.29 is 28.8 Å². The zero-order chi connectivity index (χ0) is 20.9. The van der Waals surface area contributed by atoms with Gasteiger partial charge >= 0.3 is 27.9 Å². The Morgan fingerprint density at radius 3 is 1.85 bits per heavy atom. The fourth-order valence-electron chi connectivity index (χ4n) is 2.46. The Bertz CT molecular complexity index is 432. The molecule has 0 amide bonds. The van der Waals surface area contributed by atoms with E-state index >= 15 is 0 Å². The molecule has 0 saturated carbocycles. The van der Waals surface area contributed by atoms with Crippen LogP contribution in [0.2, 0.25) is 77.6 Å². The Kier molecular flexibility index (Phi) is 11.0. The monoisotopic (exact) mass is 517 g/mol. The molecule has 0 aromatic rings. The van der Waals surface area contributed by atoms with Crippen LogP contribution in [0.4, 0.5) is 0 Å². The van der Waals surface area contributed by atoms with Crippen molar-refractivity contribution >= 4 is 72.3 Å². The van der Waals surface area contributed by atoms with Gasteiger partial charge in [0.25, 0.3) is 27.9 Å². The molecule has 0 aromatic carbocycles. The predicted octanol–water partition coefficient (Wildman–Crippen LogP) is 2.43. The molecule has 0 aliphatic carbocycles. The van der Waals surface area contributed by atoms with Crippen LogP contribution < -0.4 is 0 Å². The highest BCUT2D eigenvalue weighted by atomic mass is 28.5. The summed E-state index contributed by atoms with van der Waals surface area (Å²) >= 11 is 0. The van der Waals surface area contributed by atoms with Crippen molar-refractivity contribution in [2.24, 2.45) is 0 Å². The summed E-state index contributed by atoms with van der Waals surface area (Å²) in [5, 5.41) is 0. The van der Waals surface area contributed by atoms with Gasteiger partial charge in [-0.1, -0.05) is 0 Å². The first-order chi connectivity index (χ1) is 12.2. The van der Waals surface area contributed by atoms with Crippen LogP contribution in [0.25, 0.3) is 0 Å². The lowest BCUT2D eigenvalue weighted by Crippen LogP contribution is -2.53. The lowest BCUT2D eigenvalue weighted by atomic mass is 10.9. The Morgan fingerprint density at radius 2 is 1.41 bits per heavy atom. The molecule has 0 aromatic heterocycles. The smallest absolute Gasteiger partial charge is 0.411 e. The van der Waals surface area contributed by atoms with Gasteiger partial charge in [-0.15, -0.1) is 0 Å². The van der Waals surface area contributed by atoms with Gasteiger partial charge < -0.3 is 28.8 Å². The second kappa shape index (κ2) is 11.2. The number of hydrogen-bond acceptors (Lipinski definition) is 7. The Morgan fingerprint density at radius 1 is 0.889 bits per heavy atom. The molecule has 0 bridgehead atoms. The highest BCUT2D eigenvalue weighted by molar-refractivity contribution is 6.82. The van der Waals surface area contributed by atoms with Crippen molar-refractivity contribution in [2.45, 2.75) is 77.6 Å². The second-order valence-corrected chi connectivity index (χ2v) is 31.4. The zero-order valence-corrected chi connectivity index (χ0v) is 27.0. The average molecular weight is 518 g/mol. The van der Waals surface area contributed by atoms with Gasteiger partial charge in [0.15, 0.2) is 16.6 Å². The molecule has 0 N–H and O–H groups in total. The Balaban J connectivity index is 2.69. The highest BCUT2D eigenvalue weighted by Gasteiger charge is 2.41. The fraction of sp³-hybridized carbons (Fsp3) is 1.00. The summed E-state index contributed by atoms with van der Waals surface area (Å²) in [6.07, 6.45) is 0. The van der Waals surface area contributed by atoms with E-state index in [0.29, 0.717) is 0 Å². The first-order valence-corrected chi connectivity index (χ1v) is 27.5. The SMILES string of the molecule is C[SiH]1O[SiH](C)O[Si](C)(CC[Si](O[Si]O[Si](C)(C)C)O[Si](C)(C)C)O[SiH](C)O1. The van der Waals surface area contributed by atoms with Crippen molar-refractivity contribution in [1.29, 1.82) is 0 Å². The number of rotatable bonds is 9. The first-order valence-electron chi connectivity index (χ1n) is 9.49. The van der Waals surface area contributed by atoms with Crippen LogP contribution in [0.5, 0.6) is 0 Å². The van der Waals surface area contributed by atoms with E-state index in [2.05, 4.69) is 65.5 Å². The molecule has 1 saturated heterocycles. The van der Waals surface area contributed by atoms with Gasteiger partial charge in [0, 0.05) is 0 Å². The molecule has 1 aliphatic heterocycles. The van der Waals surface area contributed by atoms with E-state index < -0.39 is 62.3 Å². The van der Waals surface area contributed by atoms with E-state index in [4.69, 9.17) is 28.8 Å².